The van der Waals surface area contributed by atoms with Crippen LogP contribution in [0.15, 0.2) is 24.3 Å². The molecule has 0 heterocycles. The van der Waals surface area contributed by atoms with Crippen molar-refractivity contribution < 1.29 is 9.90 Å². The van der Waals surface area contributed by atoms with Gasteiger partial charge in [0.2, 0.25) is 0 Å². The number of hydrogen-bond acceptors (Lipinski definition) is 2. The van der Waals surface area contributed by atoms with Gasteiger partial charge in [0.1, 0.15) is 0 Å². The fourth-order valence-electron chi connectivity index (χ4n) is 1.34. The minimum atomic E-state index is -0.188. The molecule has 0 unspecified atom stereocenters. The molecule has 1 aromatic carbocycles. The first-order valence-electron chi connectivity index (χ1n) is 5.27. The van der Waals surface area contributed by atoms with Gasteiger partial charge in [0.25, 0.3) is 5.91 Å². The Labute approximate surface area is 100 Å². The van der Waals surface area contributed by atoms with Gasteiger partial charge < -0.3 is 10.4 Å². The lowest BCUT2D eigenvalue weighted by Crippen LogP contribution is -2.36. The van der Waals surface area contributed by atoms with E-state index in [1.807, 2.05) is 13.0 Å². The van der Waals surface area contributed by atoms with Crippen molar-refractivity contribution in [1.29, 1.82) is 0 Å². The van der Waals surface area contributed by atoms with Crippen molar-refractivity contribution in [2.75, 3.05) is 6.61 Å². The van der Waals surface area contributed by atoms with Crippen LogP contribution in [0.1, 0.15) is 29.3 Å². The molecule has 1 amide bonds. The third-order valence-electron chi connectivity index (χ3n) is 2.39. The molecule has 0 aromatic heterocycles. The molecule has 0 spiro atoms. The molecule has 0 aliphatic rings. The second-order valence-electron chi connectivity index (χ2n) is 3.60. The van der Waals surface area contributed by atoms with Crippen molar-refractivity contribution in [2.45, 2.75) is 25.3 Å². The number of carbonyl (C=O) groups is 1. The van der Waals surface area contributed by atoms with E-state index in [1.54, 1.807) is 18.2 Å². The lowest BCUT2D eigenvalue weighted by molar-refractivity contribution is 0.0915. The number of aliphatic hydroxyl groups is 1. The molecule has 4 heteroatoms. The number of amides is 1. The molecule has 1 rings (SSSR count). The Hall–Kier alpha value is -1.06. The van der Waals surface area contributed by atoms with Gasteiger partial charge in [-0.3, -0.25) is 4.79 Å². The van der Waals surface area contributed by atoms with Crippen LogP contribution in [-0.4, -0.2) is 23.7 Å². The number of alkyl halides is 1. The summed E-state index contributed by atoms with van der Waals surface area (Å²) >= 11 is 5.69. The zero-order valence-electron chi connectivity index (χ0n) is 9.24. The van der Waals surface area contributed by atoms with E-state index in [2.05, 4.69) is 5.32 Å². The van der Waals surface area contributed by atoms with Crippen LogP contribution in [0, 0.1) is 0 Å². The smallest absolute Gasteiger partial charge is 0.251 e. The molecular formula is C12H16ClNO2. The van der Waals surface area contributed by atoms with E-state index in [1.165, 1.54) is 0 Å². The molecule has 0 saturated heterocycles. The normalized spacial score (nSPS) is 12.2. The average molecular weight is 242 g/mol. The van der Waals surface area contributed by atoms with Gasteiger partial charge in [0.15, 0.2) is 0 Å². The number of hydrogen-bond donors (Lipinski definition) is 2. The van der Waals surface area contributed by atoms with Gasteiger partial charge in [-0.05, 0) is 24.1 Å². The van der Waals surface area contributed by atoms with Crippen LogP contribution in [0.5, 0.6) is 0 Å². The summed E-state index contributed by atoms with van der Waals surface area (Å²) in [6, 6.07) is 6.97. The van der Waals surface area contributed by atoms with Crippen molar-refractivity contribution in [3.05, 3.63) is 35.4 Å². The summed E-state index contributed by atoms with van der Waals surface area (Å²) in [5.74, 6) is 0.214. The van der Waals surface area contributed by atoms with Crippen molar-refractivity contribution >= 4 is 17.5 Å². The molecule has 0 aliphatic carbocycles. The number of rotatable bonds is 5. The predicted octanol–water partition coefficient (Wildman–Crippen LogP) is 1.93. The Morgan fingerprint density at radius 3 is 2.88 bits per heavy atom. The molecule has 0 bridgehead atoms. The number of aliphatic hydroxyl groups excluding tert-OH is 1. The first kappa shape index (κ1) is 13.0. The van der Waals surface area contributed by atoms with Crippen LogP contribution in [-0.2, 0) is 5.88 Å². The number of nitrogens with one attached hydrogen (secondary N) is 1. The van der Waals surface area contributed by atoms with Crippen molar-refractivity contribution in [1.82, 2.24) is 5.32 Å². The lowest BCUT2D eigenvalue weighted by atomic mass is 10.1. The van der Waals surface area contributed by atoms with E-state index in [9.17, 15) is 4.79 Å². The zero-order valence-corrected chi connectivity index (χ0v) is 10.00. The lowest BCUT2D eigenvalue weighted by Gasteiger charge is -2.14. The summed E-state index contributed by atoms with van der Waals surface area (Å²) in [7, 11) is 0. The van der Waals surface area contributed by atoms with E-state index in [0.29, 0.717) is 17.9 Å². The number of halogens is 1. The van der Waals surface area contributed by atoms with Crippen LogP contribution < -0.4 is 5.32 Å². The maximum Gasteiger partial charge on any atom is 0.251 e. The summed E-state index contributed by atoms with van der Waals surface area (Å²) in [5, 5.41) is 11.7. The Morgan fingerprint density at radius 1 is 1.56 bits per heavy atom. The molecular weight excluding hydrogens is 226 g/mol. The highest BCUT2D eigenvalue weighted by Crippen LogP contribution is 2.08. The molecule has 0 saturated carbocycles. The van der Waals surface area contributed by atoms with E-state index >= 15 is 0 Å². The Bertz CT molecular complexity index is 351. The largest absolute Gasteiger partial charge is 0.394 e. The molecule has 0 fully saturated rings. The van der Waals surface area contributed by atoms with Gasteiger partial charge >= 0.3 is 0 Å². The van der Waals surface area contributed by atoms with E-state index in [-0.39, 0.29) is 18.6 Å². The fourth-order valence-corrected chi connectivity index (χ4v) is 1.51. The van der Waals surface area contributed by atoms with Gasteiger partial charge in [-0.25, -0.2) is 0 Å². The summed E-state index contributed by atoms with van der Waals surface area (Å²) in [5.41, 5.74) is 1.48. The Morgan fingerprint density at radius 2 is 2.31 bits per heavy atom. The number of carbonyl (C=O) groups excluding carboxylic acids is 1. The van der Waals surface area contributed by atoms with Crippen molar-refractivity contribution in [3.63, 3.8) is 0 Å². The third-order valence-corrected chi connectivity index (χ3v) is 2.70. The second kappa shape index (κ2) is 6.51. The maximum absolute atomic E-state index is 11.8. The van der Waals surface area contributed by atoms with Crippen LogP contribution in [0.3, 0.4) is 0 Å². The summed E-state index contributed by atoms with van der Waals surface area (Å²) < 4.78 is 0. The fraction of sp³-hybridized carbons (Fsp3) is 0.417. The van der Waals surface area contributed by atoms with Gasteiger partial charge in [-0.1, -0.05) is 19.1 Å². The Kier molecular flexibility index (Phi) is 5.29. The quantitative estimate of drug-likeness (QED) is 0.774. The highest BCUT2D eigenvalue weighted by molar-refractivity contribution is 6.17. The van der Waals surface area contributed by atoms with Crippen molar-refractivity contribution in [2.24, 2.45) is 0 Å². The molecule has 16 heavy (non-hydrogen) atoms. The summed E-state index contributed by atoms with van der Waals surface area (Å²) in [6.07, 6.45) is 0.706. The van der Waals surface area contributed by atoms with Gasteiger partial charge in [0, 0.05) is 11.4 Å². The average Bonchev–Trinajstić information content (AvgIpc) is 2.35. The first-order valence-corrected chi connectivity index (χ1v) is 5.81. The number of benzene rings is 1. The highest BCUT2D eigenvalue weighted by Gasteiger charge is 2.11. The topological polar surface area (TPSA) is 49.3 Å². The van der Waals surface area contributed by atoms with E-state index in [0.717, 1.165) is 5.56 Å². The molecule has 2 N–H and O–H groups in total. The minimum Gasteiger partial charge on any atom is -0.394 e. The third kappa shape index (κ3) is 3.51. The summed E-state index contributed by atoms with van der Waals surface area (Å²) in [6.45, 7) is 1.87. The van der Waals surface area contributed by atoms with Crippen LogP contribution in [0.4, 0.5) is 0 Å². The highest BCUT2D eigenvalue weighted by atomic mass is 35.5. The monoisotopic (exact) mass is 241 g/mol. The van der Waals surface area contributed by atoms with Crippen LogP contribution in [0.2, 0.25) is 0 Å². The van der Waals surface area contributed by atoms with Gasteiger partial charge in [-0.2, -0.15) is 0 Å². The van der Waals surface area contributed by atoms with E-state index in [4.69, 9.17) is 16.7 Å². The van der Waals surface area contributed by atoms with Crippen molar-refractivity contribution in [3.8, 4) is 0 Å². The summed E-state index contributed by atoms with van der Waals surface area (Å²) in [4.78, 5) is 11.8. The minimum absolute atomic E-state index is 0.0442. The molecule has 88 valence electrons. The predicted molar refractivity (Wildman–Crippen MR) is 64.6 cm³/mol. The van der Waals surface area contributed by atoms with Crippen LogP contribution >= 0.6 is 11.6 Å². The molecule has 0 aliphatic heterocycles. The first-order chi connectivity index (χ1) is 7.71. The molecule has 0 radical (unpaired) electrons. The SMILES string of the molecule is CC[C@@H](CO)NC(=O)c1cccc(CCl)c1. The Balaban J connectivity index is 2.72. The molecule has 3 nitrogen and oxygen atoms in total. The molecule has 1 atom stereocenters. The van der Waals surface area contributed by atoms with Gasteiger partial charge in [-0.15, -0.1) is 11.6 Å². The standard InChI is InChI=1S/C12H16ClNO2/c1-2-11(8-15)14-12(16)10-5-3-4-9(6-10)7-13/h3-6,11,15H,2,7-8H2,1H3,(H,14,16)/t11-/m0/s1. The molecule has 1 aromatic rings. The van der Waals surface area contributed by atoms with Crippen LogP contribution in [0.25, 0.3) is 0 Å². The van der Waals surface area contributed by atoms with Gasteiger partial charge in [0.05, 0.1) is 12.6 Å². The second-order valence-corrected chi connectivity index (χ2v) is 3.86. The van der Waals surface area contributed by atoms with E-state index < -0.39 is 0 Å². The maximum atomic E-state index is 11.8. The zero-order chi connectivity index (χ0) is 12.0.